The quantitative estimate of drug-likeness (QED) is 0.283. The third kappa shape index (κ3) is 5.07. The maximum Gasteiger partial charge on any atom is 0.217 e. The van der Waals surface area contributed by atoms with Crippen molar-refractivity contribution < 1.29 is 4.74 Å². The Labute approximate surface area is 228 Å². The molecule has 9 rings (SSSR count). The van der Waals surface area contributed by atoms with Gasteiger partial charge in [-0.1, -0.05) is 118 Å². The van der Waals surface area contributed by atoms with Gasteiger partial charge >= 0.3 is 0 Å². The monoisotopic (exact) mass is 517 g/mol. The van der Waals surface area contributed by atoms with Gasteiger partial charge in [-0.3, -0.25) is 0 Å². The van der Waals surface area contributed by atoms with Crippen LogP contribution in [0.1, 0.15) is 48.6 Å². The molecule has 1 heterocycles. The van der Waals surface area contributed by atoms with Crippen molar-refractivity contribution in [2.24, 2.45) is 10.4 Å². The Bertz CT molecular complexity index is 1400. The van der Waals surface area contributed by atoms with Gasteiger partial charge in [0.25, 0.3) is 0 Å². The molecule has 38 heavy (non-hydrogen) atoms. The summed E-state index contributed by atoms with van der Waals surface area (Å²) in [5.41, 5.74) is 6.87. The lowest BCUT2D eigenvalue weighted by molar-refractivity contribution is 0.236. The number of ether oxygens (including phenoxy) is 1. The first-order valence-corrected chi connectivity index (χ1v) is 15.2. The SMILES string of the molecule is CC(C)(C)[C@H]1COC(c2c3ccc(c2P(c2ccccc2)c2ccccc2)CCc2ccc(cc2)CC3)=N1. The zero-order chi connectivity index (χ0) is 26.1. The molecule has 1 atom stereocenters. The van der Waals surface area contributed by atoms with Crippen molar-refractivity contribution in [3.63, 3.8) is 0 Å². The zero-order valence-corrected chi connectivity index (χ0v) is 23.5. The van der Waals surface area contributed by atoms with Crippen LogP contribution in [0, 0.1) is 5.41 Å². The van der Waals surface area contributed by atoms with Gasteiger partial charge in [0, 0.05) is 10.9 Å². The van der Waals surface area contributed by atoms with E-state index in [1.165, 1.54) is 43.7 Å². The third-order valence-electron chi connectivity index (χ3n) is 7.85. The predicted molar refractivity (Wildman–Crippen MR) is 162 cm³/mol. The minimum Gasteiger partial charge on any atom is -0.475 e. The summed E-state index contributed by atoms with van der Waals surface area (Å²) in [6, 6.07) is 36.3. The molecule has 0 spiro atoms. The Morgan fingerprint density at radius 3 is 1.71 bits per heavy atom. The van der Waals surface area contributed by atoms with Gasteiger partial charge in [-0.2, -0.15) is 0 Å². The zero-order valence-electron chi connectivity index (χ0n) is 22.7. The topological polar surface area (TPSA) is 21.6 Å². The van der Waals surface area contributed by atoms with Gasteiger partial charge in [-0.25, -0.2) is 4.99 Å². The van der Waals surface area contributed by atoms with Crippen LogP contribution in [0.5, 0.6) is 0 Å². The fourth-order valence-electron chi connectivity index (χ4n) is 5.53. The summed E-state index contributed by atoms with van der Waals surface area (Å²) >= 11 is 0. The minimum absolute atomic E-state index is 0.0609. The van der Waals surface area contributed by atoms with Crippen LogP contribution in [-0.4, -0.2) is 18.5 Å². The Hall–Kier alpha value is -3.22. The van der Waals surface area contributed by atoms with Crippen LogP contribution in [-0.2, 0) is 30.4 Å². The number of hydrogen-bond donors (Lipinski definition) is 0. The molecule has 192 valence electrons. The average Bonchev–Trinajstić information content (AvgIpc) is 3.43. The second-order valence-corrected chi connectivity index (χ2v) is 13.7. The Kier molecular flexibility index (Phi) is 6.93. The molecule has 0 radical (unpaired) electrons. The van der Waals surface area contributed by atoms with E-state index in [-0.39, 0.29) is 11.5 Å². The van der Waals surface area contributed by atoms with Crippen LogP contribution in [0.15, 0.2) is 102 Å². The van der Waals surface area contributed by atoms with Crippen LogP contribution >= 0.6 is 7.92 Å². The molecule has 4 bridgehead atoms. The van der Waals surface area contributed by atoms with E-state index >= 15 is 0 Å². The van der Waals surface area contributed by atoms with Gasteiger partial charge < -0.3 is 4.74 Å². The molecular weight excluding hydrogens is 481 g/mol. The van der Waals surface area contributed by atoms with Gasteiger partial charge in [-0.15, -0.1) is 0 Å². The predicted octanol–water partition coefficient (Wildman–Crippen LogP) is 6.52. The molecule has 4 aliphatic carbocycles. The van der Waals surface area contributed by atoms with Crippen molar-refractivity contribution in [3.8, 4) is 0 Å². The number of hydrogen-bond acceptors (Lipinski definition) is 2. The summed E-state index contributed by atoms with van der Waals surface area (Å²) in [5, 5.41) is 4.17. The molecule has 0 amide bonds. The lowest BCUT2D eigenvalue weighted by Gasteiger charge is -2.27. The second-order valence-electron chi connectivity index (χ2n) is 11.6. The van der Waals surface area contributed by atoms with Crippen LogP contribution in [0.4, 0.5) is 0 Å². The molecule has 0 saturated heterocycles. The van der Waals surface area contributed by atoms with Gasteiger partial charge in [0.1, 0.15) is 6.61 Å². The fraction of sp³-hybridized carbons (Fsp3) is 0.286. The minimum atomic E-state index is -0.796. The number of benzene rings is 4. The average molecular weight is 518 g/mol. The molecule has 0 N–H and O–H groups in total. The van der Waals surface area contributed by atoms with E-state index in [2.05, 4.69) is 118 Å². The smallest absolute Gasteiger partial charge is 0.217 e. The first kappa shape index (κ1) is 25.1. The van der Waals surface area contributed by atoms with Crippen molar-refractivity contribution in [1.82, 2.24) is 0 Å². The highest BCUT2D eigenvalue weighted by Gasteiger charge is 2.34. The van der Waals surface area contributed by atoms with Gasteiger partial charge in [0.15, 0.2) is 0 Å². The van der Waals surface area contributed by atoms with E-state index < -0.39 is 7.92 Å². The van der Waals surface area contributed by atoms with E-state index in [4.69, 9.17) is 9.73 Å². The number of rotatable bonds is 4. The lowest BCUT2D eigenvalue weighted by Crippen LogP contribution is -2.30. The maximum atomic E-state index is 6.52. The summed E-state index contributed by atoms with van der Waals surface area (Å²) in [6.45, 7) is 7.45. The molecule has 1 aliphatic heterocycles. The molecule has 2 nitrogen and oxygen atoms in total. The second kappa shape index (κ2) is 10.5. The van der Waals surface area contributed by atoms with Gasteiger partial charge in [0.05, 0.1) is 6.04 Å². The summed E-state index contributed by atoms with van der Waals surface area (Å²) in [6.07, 6.45) is 4.00. The molecule has 0 saturated carbocycles. The number of aliphatic imine (C=N–C) groups is 1. The van der Waals surface area contributed by atoms with Gasteiger partial charge in [0.2, 0.25) is 5.90 Å². The van der Waals surface area contributed by atoms with Crippen LogP contribution in [0.25, 0.3) is 0 Å². The van der Waals surface area contributed by atoms with Gasteiger partial charge in [-0.05, 0) is 71.9 Å². The molecule has 0 aromatic heterocycles. The van der Waals surface area contributed by atoms with Crippen LogP contribution < -0.4 is 15.9 Å². The Morgan fingerprint density at radius 1 is 0.658 bits per heavy atom. The molecule has 3 heteroatoms. The summed E-state index contributed by atoms with van der Waals surface area (Å²) in [5.74, 6) is 0.849. The van der Waals surface area contributed by atoms with Crippen molar-refractivity contribution >= 4 is 29.7 Å². The van der Waals surface area contributed by atoms with E-state index in [0.717, 1.165) is 31.6 Å². The lowest BCUT2D eigenvalue weighted by atomic mass is 9.88. The number of nitrogens with zero attached hydrogens (tertiary/aromatic N) is 1. The molecule has 5 aliphatic rings. The highest BCUT2D eigenvalue weighted by molar-refractivity contribution is 7.80. The molecule has 0 fully saturated rings. The van der Waals surface area contributed by atoms with E-state index in [1.807, 2.05) is 0 Å². The normalized spacial score (nSPS) is 17.2. The molecule has 4 aromatic carbocycles. The summed E-state index contributed by atoms with van der Waals surface area (Å²) < 4.78 is 6.52. The first-order valence-electron chi connectivity index (χ1n) is 13.8. The Morgan fingerprint density at radius 2 is 1.18 bits per heavy atom. The molecule has 0 unspecified atom stereocenters. The third-order valence-corrected chi connectivity index (χ3v) is 10.4. The number of aryl methyl sites for hydroxylation is 4. The summed E-state index contributed by atoms with van der Waals surface area (Å²) in [4.78, 5) is 5.28. The fourth-order valence-corrected chi connectivity index (χ4v) is 8.22. The van der Waals surface area contributed by atoms with E-state index in [9.17, 15) is 0 Å². The van der Waals surface area contributed by atoms with Crippen LogP contribution in [0.3, 0.4) is 0 Å². The highest BCUT2D eigenvalue weighted by atomic mass is 31.1. The van der Waals surface area contributed by atoms with Crippen molar-refractivity contribution in [1.29, 1.82) is 0 Å². The van der Waals surface area contributed by atoms with Crippen molar-refractivity contribution in [2.45, 2.75) is 52.5 Å². The standard InChI is InChI=1S/C35H36NOP/c1-35(2,3)31-24-37-34(36-31)32-27-20-18-25-14-16-26(17-15-25)19-21-28(23-22-27)33(32)38(29-10-6-4-7-11-29)30-12-8-5-9-13-30/h4-17,22-23,31H,18-21,24H2,1-3H3/t31-/m1/s1. The largest absolute Gasteiger partial charge is 0.475 e. The maximum absolute atomic E-state index is 6.52. The highest BCUT2D eigenvalue weighted by Crippen LogP contribution is 2.39. The van der Waals surface area contributed by atoms with Crippen molar-refractivity contribution in [2.75, 3.05) is 6.61 Å². The Balaban J connectivity index is 1.61. The van der Waals surface area contributed by atoms with E-state index in [0.29, 0.717) is 6.61 Å². The van der Waals surface area contributed by atoms with Crippen molar-refractivity contribution in [3.05, 3.63) is 125 Å². The van der Waals surface area contributed by atoms with E-state index in [1.54, 1.807) is 0 Å². The first-order chi connectivity index (χ1) is 18.5. The van der Waals surface area contributed by atoms with Crippen LogP contribution in [0.2, 0.25) is 0 Å². The summed E-state index contributed by atoms with van der Waals surface area (Å²) in [7, 11) is -0.796. The molecular formula is C35H36NOP. The molecule has 4 aromatic rings.